The van der Waals surface area contributed by atoms with E-state index >= 15 is 0 Å². The SMILES string of the molecule is CCCCCNc1nccnc1C(=O)O. The van der Waals surface area contributed by atoms with Crippen LogP contribution in [0.4, 0.5) is 5.82 Å². The van der Waals surface area contributed by atoms with Crippen LogP contribution < -0.4 is 5.32 Å². The topological polar surface area (TPSA) is 75.1 Å². The van der Waals surface area contributed by atoms with Crippen molar-refractivity contribution in [3.05, 3.63) is 18.1 Å². The van der Waals surface area contributed by atoms with Crippen molar-refractivity contribution in [2.45, 2.75) is 26.2 Å². The lowest BCUT2D eigenvalue weighted by Crippen LogP contribution is -2.11. The highest BCUT2D eigenvalue weighted by Gasteiger charge is 2.11. The molecule has 0 spiro atoms. The lowest BCUT2D eigenvalue weighted by atomic mass is 10.2. The van der Waals surface area contributed by atoms with Gasteiger partial charge in [-0.1, -0.05) is 19.8 Å². The molecule has 0 saturated carbocycles. The quantitative estimate of drug-likeness (QED) is 0.698. The summed E-state index contributed by atoms with van der Waals surface area (Å²) >= 11 is 0. The van der Waals surface area contributed by atoms with E-state index in [0.29, 0.717) is 5.82 Å². The van der Waals surface area contributed by atoms with Gasteiger partial charge in [-0.3, -0.25) is 0 Å². The van der Waals surface area contributed by atoms with Gasteiger partial charge in [0.15, 0.2) is 11.5 Å². The minimum atomic E-state index is -1.05. The van der Waals surface area contributed by atoms with E-state index in [1.165, 1.54) is 12.4 Å². The number of carbonyl (C=O) groups is 1. The predicted octanol–water partition coefficient (Wildman–Crippen LogP) is 1.78. The third-order valence-corrected chi connectivity index (χ3v) is 1.97. The molecule has 0 aliphatic carbocycles. The highest BCUT2D eigenvalue weighted by atomic mass is 16.4. The molecule has 82 valence electrons. The Morgan fingerprint density at radius 3 is 2.80 bits per heavy atom. The molecule has 1 aromatic rings. The van der Waals surface area contributed by atoms with E-state index in [4.69, 9.17) is 5.11 Å². The molecule has 0 unspecified atom stereocenters. The second-order valence-electron chi connectivity index (χ2n) is 3.19. The Balaban J connectivity index is 2.56. The number of nitrogens with zero attached hydrogens (tertiary/aromatic N) is 2. The number of rotatable bonds is 6. The van der Waals surface area contributed by atoms with E-state index in [1.807, 2.05) is 0 Å². The number of unbranched alkanes of at least 4 members (excludes halogenated alkanes) is 2. The maximum absolute atomic E-state index is 10.8. The number of carboxylic acid groups (broad SMARTS) is 1. The van der Waals surface area contributed by atoms with Crippen molar-refractivity contribution in [2.75, 3.05) is 11.9 Å². The number of nitrogens with one attached hydrogen (secondary N) is 1. The standard InChI is InChI=1S/C10H15N3O2/c1-2-3-4-5-12-9-8(10(14)15)11-6-7-13-9/h6-7H,2-5H2,1H3,(H,12,13)(H,14,15). The molecule has 1 heterocycles. The van der Waals surface area contributed by atoms with Gasteiger partial charge in [0.05, 0.1) is 0 Å². The van der Waals surface area contributed by atoms with E-state index in [1.54, 1.807) is 0 Å². The van der Waals surface area contributed by atoms with Crippen LogP contribution in [0.3, 0.4) is 0 Å². The van der Waals surface area contributed by atoms with Crippen LogP contribution in [0.5, 0.6) is 0 Å². The molecule has 0 saturated heterocycles. The van der Waals surface area contributed by atoms with Gasteiger partial charge < -0.3 is 10.4 Å². The first kappa shape index (κ1) is 11.4. The van der Waals surface area contributed by atoms with Gasteiger partial charge in [0, 0.05) is 18.9 Å². The Hall–Kier alpha value is -1.65. The maximum atomic E-state index is 10.8. The molecule has 5 heteroatoms. The lowest BCUT2D eigenvalue weighted by Gasteiger charge is -2.06. The number of aromatic carboxylic acids is 1. The molecule has 0 atom stereocenters. The van der Waals surface area contributed by atoms with E-state index in [2.05, 4.69) is 22.2 Å². The average molecular weight is 209 g/mol. The number of aromatic nitrogens is 2. The Kier molecular flexibility index (Phi) is 4.53. The van der Waals surface area contributed by atoms with E-state index in [0.717, 1.165) is 25.8 Å². The van der Waals surface area contributed by atoms with Crippen LogP contribution in [-0.2, 0) is 0 Å². The third-order valence-electron chi connectivity index (χ3n) is 1.97. The number of hydrogen-bond acceptors (Lipinski definition) is 4. The zero-order valence-corrected chi connectivity index (χ0v) is 8.73. The molecule has 5 nitrogen and oxygen atoms in total. The first-order valence-electron chi connectivity index (χ1n) is 5.04. The van der Waals surface area contributed by atoms with Gasteiger partial charge in [-0.15, -0.1) is 0 Å². The molecule has 0 aliphatic rings. The summed E-state index contributed by atoms with van der Waals surface area (Å²) < 4.78 is 0. The monoisotopic (exact) mass is 209 g/mol. The summed E-state index contributed by atoms with van der Waals surface area (Å²) in [6.07, 6.45) is 6.12. The van der Waals surface area contributed by atoms with Crippen molar-refractivity contribution in [3.63, 3.8) is 0 Å². The summed E-state index contributed by atoms with van der Waals surface area (Å²) in [6, 6.07) is 0. The highest BCUT2D eigenvalue weighted by Crippen LogP contribution is 2.08. The molecular formula is C10H15N3O2. The van der Waals surface area contributed by atoms with Gasteiger partial charge in [0.1, 0.15) is 0 Å². The summed E-state index contributed by atoms with van der Waals surface area (Å²) in [5, 5.41) is 11.8. The molecule has 0 amide bonds. The molecular weight excluding hydrogens is 194 g/mol. The third kappa shape index (κ3) is 3.53. The van der Waals surface area contributed by atoms with Crippen molar-refractivity contribution in [3.8, 4) is 0 Å². The summed E-state index contributed by atoms with van der Waals surface area (Å²) in [5.74, 6) is -0.706. The molecule has 0 aromatic carbocycles. The van der Waals surface area contributed by atoms with Gasteiger partial charge in [-0.2, -0.15) is 0 Å². The van der Waals surface area contributed by atoms with Crippen LogP contribution in [0.15, 0.2) is 12.4 Å². The second-order valence-corrected chi connectivity index (χ2v) is 3.19. The zero-order chi connectivity index (χ0) is 11.1. The minimum Gasteiger partial charge on any atom is -0.476 e. The van der Waals surface area contributed by atoms with Crippen molar-refractivity contribution < 1.29 is 9.90 Å². The Morgan fingerprint density at radius 2 is 2.13 bits per heavy atom. The van der Waals surface area contributed by atoms with E-state index in [-0.39, 0.29) is 5.69 Å². The maximum Gasteiger partial charge on any atom is 0.358 e. The number of anilines is 1. The van der Waals surface area contributed by atoms with Crippen molar-refractivity contribution in [1.29, 1.82) is 0 Å². The first-order valence-corrected chi connectivity index (χ1v) is 5.04. The van der Waals surface area contributed by atoms with Crippen LogP contribution >= 0.6 is 0 Å². The molecule has 0 bridgehead atoms. The van der Waals surface area contributed by atoms with Gasteiger partial charge in [-0.25, -0.2) is 14.8 Å². The highest BCUT2D eigenvalue weighted by molar-refractivity contribution is 5.90. The summed E-state index contributed by atoms with van der Waals surface area (Å²) in [4.78, 5) is 18.5. The predicted molar refractivity (Wildman–Crippen MR) is 57.0 cm³/mol. The van der Waals surface area contributed by atoms with Crippen LogP contribution in [0.25, 0.3) is 0 Å². The lowest BCUT2D eigenvalue weighted by molar-refractivity contribution is 0.0691. The Morgan fingerprint density at radius 1 is 1.40 bits per heavy atom. The number of hydrogen-bond donors (Lipinski definition) is 2. The zero-order valence-electron chi connectivity index (χ0n) is 8.73. The Bertz CT molecular complexity index is 328. The average Bonchev–Trinajstić information content (AvgIpc) is 2.25. The summed E-state index contributed by atoms with van der Waals surface area (Å²) in [7, 11) is 0. The number of carboxylic acids is 1. The Labute approximate surface area is 88.6 Å². The molecule has 0 fully saturated rings. The van der Waals surface area contributed by atoms with Crippen LogP contribution in [0, 0.1) is 0 Å². The van der Waals surface area contributed by atoms with Crippen LogP contribution in [-0.4, -0.2) is 27.6 Å². The van der Waals surface area contributed by atoms with Gasteiger partial charge in [0.2, 0.25) is 0 Å². The minimum absolute atomic E-state index is 0.0194. The van der Waals surface area contributed by atoms with Gasteiger partial charge >= 0.3 is 5.97 Å². The fourth-order valence-corrected chi connectivity index (χ4v) is 1.21. The first-order chi connectivity index (χ1) is 7.25. The molecule has 15 heavy (non-hydrogen) atoms. The second kappa shape index (κ2) is 5.95. The van der Waals surface area contributed by atoms with Crippen molar-refractivity contribution in [2.24, 2.45) is 0 Å². The fourth-order valence-electron chi connectivity index (χ4n) is 1.21. The van der Waals surface area contributed by atoms with E-state index < -0.39 is 5.97 Å². The van der Waals surface area contributed by atoms with Gasteiger partial charge in [0.25, 0.3) is 0 Å². The van der Waals surface area contributed by atoms with Crippen molar-refractivity contribution >= 4 is 11.8 Å². The molecule has 1 rings (SSSR count). The fraction of sp³-hybridized carbons (Fsp3) is 0.500. The normalized spacial score (nSPS) is 9.93. The molecule has 0 aliphatic heterocycles. The molecule has 0 radical (unpaired) electrons. The van der Waals surface area contributed by atoms with Gasteiger partial charge in [-0.05, 0) is 6.42 Å². The molecule has 2 N–H and O–H groups in total. The molecule has 1 aromatic heterocycles. The largest absolute Gasteiger partial charge is 0.476 e. The van der Waals surface area contributed by atoms with Crippen LogP contribution in [0.1, 0.15) is 36.7 Å². The summed E-state index contributed by atoms with van der Waals surface area (Å²) in [5.41, 5.74) is -0.0194. The van der Waals surface area contributed by atoms with Crippen molar-refractivity contribution in [1.82, 2.24) is 9.97 Å². The van der Waals surface area contributed by atoms with E-state index in [9.17, 15) is 4.79 Å². The van der Waals surface area contributed by atoms with Crippen LogP contribution in [0.2, 0.25) is 0 Å². The smallest absolute Gasteiger partial charge is 0.358 e. The summed E-state index contributed by atoms with van der Waals surface area (Å²) in [6.45, 7) is 2.85.